The lowest BCUT2D eigenvalue weighted by Crippen LogP contribution is -2.46. The molecule has 1 aliphatic heterocycles. The first-order chi connectivity index (χ1) is 11.8. The van der Waals surface area contributed by atoms with Crippen LogP contribution < -0.4 is 10.1 Å². The second kappa shape index (κ2) is 8.18. The summed E-state index contributed by atoms with van der Waals surface area (Å²) in [5.41, 5.74) is 2.75. The molecular weight excluding hydrogens is 320 g/mol. The molecule has 0 aliphatic carbocycles. The van der Waals surface area contributed by atoms with Crippen LogP contribution in [0.5, 0.6) is 5.75 Å². The highest BCUT2D eigenvalue weighted by molar-refractivity contribution is 5.79. The molecule has 0 aromatic carbocycles. The fourth-order valence-electron chi connectivity index (χ4n) is 3.18. The van der Waals surface area contributed by atoms with E-state index in [4.69, 9.17) is 4.74 Å². The summed E-state index contributed by atoms with van der Waals surface area (Å²) in [6.45, 7) is 5.52. The first kappa shape index (κ1) is 19.0. The van der Waals surface area contributed by atoms with Crippen LogP contribution in [0.2, 0.25) is 0 Å². The smallest absolute Gasteiger partial charge is 0.319 e. The third-order valence-electron chi connectivity index (χ3n) is 4.70. The molecular formula is C18H28N4O3. The highest BCUT2D eigenvalue weighted by Crippen LogP contribution is 2.24. The van der Waals surface area contributed by atoms with Crippen LogP contribution in [0, 0.1) is 19.8 Å². The summed E-state index contributed by atoms with van der Waals surface area (Å²) in [5.74, 6) is 0.784. The van der Waals surface area contributed by atoms with Gasteiger partial charge in [-0.05, 0) is 26.7 Å². The molecule has 2 heterocycles. The van der Waals surface area contributed by atoms with E-state index in [1.165, 1.54) is 0 Å². The molecule has 25 heavy (non-hydrogen) atoms. The maximum Gasteiger partial charge on any atom is 0.319 e. The van der Waals surface area contributed by atoms with Crippen LogP contribution in [0.1, 0.15) is 29.7 Å². The van der Waals surface area contributed by atoms with E-state index in [1.54, 1.807) is 37.2 Å². The highest BCUT2D eigenvalue weighted by Gasteiger charge is 2.28. The molecule has 0 bridgehead atoms. The van der Waals surface area contributed by atoms with Crippen molar-refractivity contribution in [1.29, 1.82) is 0 Å². The van der Waals surface area contributed by atoms with Gasteiger partial charge in [-0.3, -0.25) is 9.78 Å². The minimum absolute atomic E-state index is 0.00503. The van der Waals surface area contributed by atoms with Crippen LogP contribution in [-0.4, -0.2) is 61.0 Å². The zero-order chi connectivity index (χ0) is 18.6. The topological polar surface area (TPSA) is 74.8 Å². The van der Waals surface area contributed by atoms with E-state index in [0.717, 1.165) is 22.6 Å². The Kier molecular flexibility index (Phi) is 6.22. The number of piperidine rings is 1. The van der Waals surface area contributed by atoms with Crippen molar-refractivity contribution < 1.29 is 14.3 Å². The lowest BCUT2D eigenvalue weighted by Gasteiger charge is -2.33. The number of ether oxygens (including phenoxy) is 1. The number of aryl methyl sites for hydroxylation is 1. The summed E-state index contributed by atoms with van der Waals surface area (Å²) < 4.78 is 5.40. The summed E-state index contributed by atoms with van der Waals surface area (Å²) in [7, 11) is 5.12. The molecule has 1 aromatic rings. The van der Waals surface area contributed by atoms with E-state index < -0.39 is 0 Å². The van der Waals surface area contributed by atoms with Gasteiger partial charge in [-0.1, -0.05) is 0 Å². The number of likely N-dealkylation sites (tertiary alicyclic amines) is 1. The average Bonchev–Trinajstić information content (AvgIpc) is 2.60. The van der Waals surface area contributed by atoms with Crippen LogP contribution >= 0.6 is 0 Å². The minimum atomic E-state index is -0.0566. The van der Waals surface area contributed by atoms with Gasteiger partial charge in [-0.25, -0.2) is 4.79 Å². The van der Waals surface area contributed by atoms with Crippen LogP contribution in [0.25, 0.3) is 0 Å². The Labute approximate surface area is 149 Å². The number of hydrogen-bond acceptors (Lipinski definition) is 4. The van der Waals surface area contributed by atoms with E-state index in [-0.39, 0.29) is 17.9 Å². The largest absolute Gasteiger partial charge is 0.496 e. The molecule has 2 rings (SSSR count). The summed E-state index contributed by atoms with van der Waals surface area (Å²) >= 11 is 0. The normalized spacial score (nSPS) is 15.0. The van der Waals surface area contributed by atoms with Crippen LogP contribution in [0.15, 0.2) is 6.20 Å². The molecule has 0 atom stereocenters. The summed E-state index contributed by atoms with van der Waals surface area (Å²) in [4.78, 5) is 32.1. The number of nitrogens with one attached hydrogen (secondary N) is 1. The second-order valence-electron chi connectivity index (χ2n) is 6.70. The van der Waals surface area contributed by atoms with Crippen molar-refractivity contribution in [3.63, 3.8) is 0 Å². The standard InChI is InChI=1S/C18H28N4O3/c1-12-10-19-15(13(2)16(12)25-5)11-20-17(23)14-6-8-22(9-7-14)18(24)21(3)4/h10,14H,6-9,11H2,1-5H3,(H,20,23). The Morgan fingerprint density at radius 2 is 1.96 bits per heavy atom. The van der Waals surface area contributed by atoms with Gasteiger partial charge >= 0.3 is 6.03 Å². The molecule has 1 aromatic heterocycles. The average molecular weight is 348 g/mol. The van der Waals surface area contributed by atoms with Crippen molar-refractivity contribution >= 4 is 11.9 Å². The maximum atomic E-state index is 12.4. The molecule has 7 heteroatoms. The van der Waals surface area contributed by atoms with Gasteiger partial charge in [-0.2, -0.15) is 0 Å². The van der Waals surface area contributed by atoms with E-state index in [0.29, 0.717) is 32.5 Å². The number of amides is 3. The van der Waals surface area contributed by atoms with Crippen molar-refractivity contribution in [2.45, 2.75) is 33.2 Å². The number of methoxy groups -OCH3 is 1. The van der Waals surface area contributed by atoms with Crippen molar-refractivity contribution in [3.8, 4) is 5.75 Å². The Balaban J connectivity index is 1.89. The predicted octanol–water partition coefficient (Wildman–Crippen LogP) is 1.72. The molecule has 3 amide bonds. The summed E-state index contributed by atoms with van der Waals surface area (Å²) in [5, 5.41) is 2.98. The summed E-state index contributed by atoms with van der Waals surface area (Å²) in [6, 6.07) is 0.00503. The van der Waals surface area contributed by atoms with Gasteiger partial charge in [0.15, 0.2) is 0 Å². The molecule has 0 spiro atoms. The zero-order valence-electron chi connectivity index (χ0n) is 15.8. The zero-order valence-corrected chi connectivity index (χ0v) is 15.8. The third-order valence-corrected chi connectivity index (χ3v) is 4.70. The van der Waals surface area contributed by atoms with Crippen molar-refractivity contribution in [2.24, 2.45) is 5.92 Å². The SMILES string of the molecule is COc1c(C)cnc(CNC(=O)C2CCN(C(=O)N(C)C)CC2)c1C. The summed E-state index contributed by atoms with van der Waals surface area (Å²) in [6.07, 6.45) is 3.14. The lowest BCUT2D eigenvalue weighted by atomic mass is 9.96. The Hall–Kier alpha value is -2.31. The molecule has 7 nitrogen and oxygen atoms in total. The number of pyridine rings is 1. The van der Waals surface area contributed by atoms with Gasteiger partial charge in [0.05, 0.1) is 19.3 Å². The maximum absolute atomic E-state index is 12.4. The fraction of sp³-hybridized carbons (Fsp3) is 0.611. The minimum Gasteiger partial charge on any atom is -0.496 e. The number of aromatic nitrogens is 1. The molecule has 0 saturated carbocycles. The predicted molar refractivity (Wildman–Crippen MR) is 95.5 cm³/mol. The van der Waals surface area contributed by atoms with E-state index in [1.807, 2.05) is 13.8 Å². The molecule has 1 saturated heterocycles. The van der Waals surface area contributed by atoms with Crippen molar-refractivity contribution in [3.05, 3.63) is 23.0 Å². The number of carbonyl (C=O) groups excluding carboxylic acids is 2. The first-order valence-corrected chi connectivity index (χ1v) is 8.58. The molecule has 0 unspecified atom stereocenters. The molecule has 0 radical (unpaired) electrons. The fourth-order valence-corrected chi connectivity index (χ4v) is 3.18. The number of urea groups is 1. The van der Waals surface area contributed by atoms with Crippen molar-refractivity contribution in [2.75, 3.05) is 34.3 Å². The Morgan fingerprint density at radius 1 is 1.32 bits per heavy atom. The van der Waals surface area contributed by atoms with Crippen LogP contribution in [-0.2, 0) is 11.3 Å². The Bertz CT molecular complexity index is 637. The highest BCUT2D eigenvalue weighted by atomic mass is 16.5. The number of hydrogen-bond donors (Lipinski definition) is 1. The molecule has 138 valence electrons. The van der Waals surface area contributed by atoms with Crippen molar-refractivity contribution in [1.82, 2.24) is 20.1 Å². The van der Waals surface area contributed by atoms with E-state index >= 15 is 0 Å². The van der Waals surface area contributed by atoms with Crippen LogP contribution in [0.4, 0.5) is 4.79 Å². The number of nitrogens with zero attached hydrogens (tertiary/aromatic N) is 3. The first-order valence-electron chi connectivity index (χ1n) is 8.58. The number of carbonyl (C=O) groups is 2. The molecule has 1 N–H and O–H groups in total. The van der Waals surface area contributed by atoms with Gasteiger partial charge in [-0.15, -0.1) is 0 Å². The second-order valence-corrected chi connectivity index (χ2v) is 6.70. The lowest BCUT2D eigenvalue weighted by molar-refractivity contribution is -0.126. The van der Waals surface area contributed by atoms with Gasteiger partial charge < -0.3 is 19.9 Å². The monoisotopic (exact) mass is 348 g/mol. The van der Waals surface area contributed by atoms with Crippen LogP contribution in [0.3, 0.4) is 0 Å². The quantitative estimate of drug-likeness (QED) is 0.899. The van der Waals surface area contributed by atoms with E-state index in [9.17, 15) is 9.59 Å². The van der Waals surface area contributed by atoms with Gasteiger partial charge in [0.25, 0.3) is 0 Å². The third kappa shape index (κ3) is 4.41. The molecule has 1 aliphatic rings. The van der Waals surface area contributed by atoms with E-state index in [2.05, 4.69) is 10.3 Å². The van der Waals surface area contributed by atoms with Gasteiger partial charge in [0.2, 0.25) is 5.91 Å². The Morgan fingerprint density at radius 3 is 2.52 bits per heavy atom. The molecule has 1 fully saturated rings. The van der Waals surface area contributed by atoms with Gasteiger partial charge in [0, 0.05) is 50.4 Å². The van der Waals surface area contributed by atoms with Gasteiger partial charge in [0.1, 0.15) is 5.75 Å². The number of rotatable bonds is 4.